The van der Waals surface area contributed by atoms with Crippen LogP contribution in [0.15, 0.2) is 78.9 Å². The van der Waals surface area contributed by atoms with Crippen LogP contribution in [-0.4, -0.2) is 54.4 Å². The third-order valence-electron chi connectivity index (χ3n) is 17.8. The maximum absolute atomic E-state index is 2.71. The Morgan fingerprint density at radius 1 is 0.581 bits per heavy atom. The monoisotopic (exact) mass is 800 g/mol. The largest absolute Gasteiger partial charge is 0.312 e. The molecule has 0 saturated heterocycles. The van der Waals surface area contributed by atoms with E-state index in [-0.39, 0.29) is 10.8 Å². The summed E-state index contributed by atoms with van der Waals surface area (Å²) < 4.78 is 0. The molecule has 0 aromatic heterocycles. The lowest BCUT2D eigenvalue weighted by Crippen LogP contribution is -2.52. The first-order chi connectivity index (χ1) is 29.4. The molecule has 62 heavy (non-hydrogen) atoms. The Morgan fingerprint density at radius 2 is 1.21 bits per heavy atom. The van der Waals surface area contributed by atoms with Crippen molar-refractivity contribution in [2.24, 2.45) is 17.8 Å². The summed E-state index contributed by atoms with van der Waals surface area (Å²) in [6, 6.07) is 31.5. The van der Waals surface area contributed by atoms with Gasteiger partial charge in [-0.3, -0.25) is 0 Å². The van der Waals surface area contributed by atoms with E-state index in [9.17, 15) is 0 Å². The summed E-state index contributed by atoms with van der Waals surface area (Å²) in [5.74, 6) is 2.52. The molecule has 1 heterocycles. The van der Waals surface area contributed by atoms with Gasteiger partial charge in [0.2, 0.25) is 0 Å². The highest BCUT2D eigenvalue weighted by atomic mass is 15.2. The second kappa shape index (κ2) is 13.5. The van der Waals surface area contributed by atoms with Gasteiger partial charge in [-0.2, -0.15) is 0 Å². The molecular weight excluding hydrogens is 738 g/mol. The van der Waals surface area contributed by atoms with E-state index < -0.39 is 0 Å². The first kappa shape index (κ1) is 40.4. The highest BCUT2D eigenvalue weighted by molar-refractivity contribution is 6.78. The van der Waals surface area contributed by atoms with Crippen molar-refractivity contribution >= 4 is 115 Å². The molecule has 2 unspecified atom stereocenters. The van der Waals surface area contributed by atoms with Crippen LogP contribution in [0.1, 0.15) is 107 Å². The topological polar surface area (TPSA) is 3.24 Å². The number of aryl methyl sites for hydroxylation is 1. The van der Waals surface area contributed by atoms with E-state index in [1.807, 2.05) is 0 Å². The number of benzene rings is 6. The molecule has 11 rings (SSSR count). The molecule has 6 aromatic rings. The van der Waals surface area contributed by atoms with Crippen LogP contribution in [0.3, 0.4) is 0 Å². The van der Waals surface area contributed by atoms with Gasteiger partial charge in [0.15, 0.2) is 7.28 Å². The van der Waals surface area contributed by atoms with Gasteiger partial charge in [0.05, 0.1) is 0 Å². The van der Waals surface area contributed by atoms with Crippen LogP contribution in [0.5, 0.6) is 0 Å². The second-order valence-electron chi connectivity index (χ2n) is 22.4. The minimum absolute atomic E-state index is 0.0857. The van der Waals surface area contributed by atoms with Crippen LogP contribution in [0.25, 0.3) is 33.4 Å². The molecule has 8 heteroatoms. The lowest BCUT2D eigenvalue weighted by molar-refractivity contribution is 0.0780. The number of anilines is 3. The van der Waals surface area contributed by atoms with Crippen molar-refractivity contribution < 1.29 is 0 Å². The number of hydrogen-bond donors (Lipinski definition) is 0. The van der Waals surface area contributed by atoms with Crippen molar-refractivity contribution in [3.8, 4) is 33.4 Å². The zero-order chi connectivity index (χ0) is 43.5. The Kier molecular flexibility index (Phi) is 8.82. The highest BCUT2D eigenvalue weighted by Crippen LogP contribution is 2.55. The average Bonchev–Trinajstić information content (AvgIpc) is 3.62. The fraction of sp³-hybridized carbons (Fsp3) is 0.333. The average molecular weight is 799 g/mol. The summed E-state index contributed by atoms with van der Waals surface area (Å²) >= 11 is 0. The van der Waals surface area contributed by atoms with Crippen molar-refractivity contribution in [3.63, 3.8) is 0 Å². The van der Waals surface area contributed by atoms with Crippen LogP contribution in [-0.2, 0) is 16.2 Å². The Balaban J connectivity index is 1.11. The van der Waals surface area contributed by atoms with E-state index in [0.29, 0.717) is 5.41 Å². The van der Waals surface area contributed by atoms with Gasteiger partial charge in [-0.05, 0) is 147 Å². The molecule has 302 valence electrons. The zero-order valence-electron chi connectivity index (χ0n) is 39.9. The number of hydrogen-bond acceptors (Lipinski definition) is 1. The Bertz CT molecular complexity index is 2920. The molecule has 5 aliphatic rings. The van der Waals surface area contributed by atoms with Gasteiger partial charge in [0, 0.05) is 27.9 Å². The smallest absolute Gasteiger partial charge is 0.197 e. The first-order valence-corrected chi connectivity index (χ1v) is 24.0. The lowest BCUT2D eigenvalue weighted by atomic mass is 9.53. The molecule has 0 radical (unpaired) electrons. The molecule has 4 aliphatic carbocycles. The van der Waals surface area contributed by atoms with Crippen LogP contribution >= 0.6 is 0 Å². The first-order valence-electron chi connectivity index (χ1n) is 24.0. The van der Waals surface area contributed by atoms with Crippen LogP contribution in [0, 0.1) is 24.7 Å². The maximum Gasteiger partial charge on any atom is 0.197 e. The van der Waals surface area contributed by atoms with E-state index in [4.69, 9.17) is 0 Å². The summed E-state index contributed by atoms with van der Waals surface area (Å²) in [7, 11) is 15.3. The molecular formula is C54H60B7N. The standard InChI is InChI=1S/C54H60B7N/c1-26-18-29-19-27(2)24-54(23-26,25-29)32-14-12-30(13-15-32)31-20-28(3)50-38(21-31)61-49-44(56)40-39-41(45(57)48(60)47(59)43(39)55)53(6,7)42(40)46(58)51(49)62(50)33-16-17-35-34-10-8-9-11-36(34)52(4,5)37(35)22-33/h8-17,20-22,26-27,29,61H,18-19,23-25,55-60H2,1-7H3. The Morgan fingerprint density at radius 3 is 1.92 bits per heavy atom. The van der Waals surface area contributed by atoms with Crippen LogP contribution in [0.2, 0.25) is 0 Å². The molecule has 1 nitrogen and oxygen atoms in total. The predicted molar refractivity (Wildman–Crippen MR) is 288 cm³/mol. The van der Waals surface area contributed by atoms with Crippen molar-refractivity contribution in [1.29, 1.82) is 0 Å². The quantitative estimate of drug-likeness (QED) is 0.248. The van der Waals surface area contributed by atoms with E-state index in [0.717, 1.165) is 25.0 Å². The summed E-state index contributed by atoms with van der Waals surface area (Å²) in [4.78, 5) is 2.71. The van der Waals surface area contributed by atoms with E-state index >= 15 is 0 Å². The third-order valence-corrected chi connectivity index (χ3v) is 17.8. The number of rotatable bonds is 3. The van der Waals surface area contributed by atoms with E-state index in [2.05, 4.69) is 179 Å². The molecule has 1 aliphatic heterocycles. The SMILES string of the molecule is Bc1c(B)c(B)c2c(c1B)-c1c(B)c3c(c(B)c1C2(C)C)N(c1ccc2c(c1)C(C)(C)c1ccccc1-2)c1c(C)cc(-c2ccc(C45CC(C)CC(CC(C)C4)C5)cc2)cc1B3. The fourth-order valence-electron chi connectivity index (χ4n) is 15.1. The van der Waals surface area contributed by atoms with Gasteiger partial charge in [0.25, 0.3) is 0 Å². The summed E-state index contributed by atoms with van der Waals surface area (Å²) in [6.07, 6.45) is 6.90. The second-order valence-corrected chi connectivity index (χ2v) is 22.4. The zero-order valence-corrected chi connectivity index (χ0v) is 39.9. The highest BCUT2D eigenvalue weighted by Gasteiger charge is 2.46. The normalized spacial score (nSPS) is 23.1. The molecule has 0 amide bonds. The number of nitrogens with zero attached hydrogens (tertiary/aromatic N) is 1. The minimum atomic E-state index is -0.119. The Hall–Kier alpha value is -4.43. The third kappa shape index (κ3) is 5.43. The van der Waals surface area contributed by atoms with Gasteiger partial charge in [-0.25, -0.2) is 0 Å². The van der Waals surface area contributed by atoms with Crippen molar-refractivity contribution in [1.82, 2.24) is 0 Å². The van der Waals surface area contributed by atoms with Crippen LogP contribution < -0.4 is 48.6 Å². The van der Waals surface area contributed by atoms with Crippen molar-refractivity contribution in [3.05, 3.63) is 112 Å². The molecule has 2 saturated carbocycles. The summed E-state index contributed by atoms with van der Waals surface area (Å²) in [5.41, 5.74) is 33.0. The van der Waals surface area contributed by atoms with Crippen molar-refractivity contribution in [2.75, 3.05) is 4.90 Å². The summed E-state index contributed by atoms with van der Waals surface area (Å²) in [6.45, 7) is 17.2. The van der Waals surface area contributed by atoms with E-state index in [1.54, 1.807) is 5.56 Å². The molecule has 0 spiro atoms. The summed E-state index contributed by atoms with van der Waals surface area (Å²) in [5, 5.41) is 0. The van der Waals surface area contributed by atoms with Gasteiger partial charge in [-0.1, -0.05) is 135 Å². The van der Waals surface area contributed by atoms with Crippen molar-refractivity contribution in [2.45, 2.75) is 96.8 Å². The molecule has 2 bridgehead atoms. The molecule has 2 atom stereocenters. The maximum atomic E-state index is 2.71. The van der Waals surface area contributed by atoms with Gasteiger partial charge >= 0.3 is 0 Å². The molecule has 6 aromatic carbocycles. The van der Waals surface area contributed by atoms with Gasteiger partial charge < -0.3 is 4.90 Å². The van der Waals surface area contributed by atoms with Gasteiger partial charge in [0.1, 0.15) is 47.1 Å². The fourth-order valence-corrected chi connectivity index (χ4v) is 15.1. The Labute approximate surface area is 378 Å². The van der Waals surface area contributed by atoms with E-state index in [1.165, 1.54) is 154 Å². The molecule has 0 N–H and O–H groups in total. The molecule has 2 fully saturated rings. The predicted octanol–water partition coefficient (Wildman–Crippen LogP) is 2.10. The number of fused-ring (bicyclic) bond motifs is 10. The minimum Gasteiger partial charge on any atom is -0.312 e. The van der Waals surface area contributed by atoms with Crippen LogP contribution in [0.4, 0.5) is 17.1 Å². The van der Waals surface area contributed by atoms with Gasteiger partial charge in [-0.15, -0.1) is 10.9 Å². The lowest BCUT2D eigenvalue weighted by Gasteiger charge is -2.50.